The minimum Gasteiger partial charge on any atom is -0.497 e. The van der Waals surface area contributed by atoms with Crippen LogP contribution in [0.2, 0.25) is 0 Å². The molecule has 0 aromatic heterocycles. The number of Topliss-reactive ketones (excluding diaryl/α,β-unsaturated/α-hetero) is 1. The molecule has 0 spiro atoms. The van der Waals surface area contributed by atoms with Crippen molar-refractivity contribution in [2.75, 3.05) is 13.9 Å². The molecule has 204 valence electrons. The predicted molar refractivity (Wildman–Crippen MR) is 149 cm³/mol. The van der Waals surface area contributed by atoms with Crippen LogP contribution in [0.3, 0.4) is 0 Å². The quantitative estimate of drug-likeness (QED) is 0.400. The zero-order chi connectivity index (χ0) is 27.1. The number of benzene rings is 2. The maximum absolute atomic E-state index is 14.0. The number of hydrogen-bond acceptors (Lipinski definition) is 7. The van der Waals surface area contributed by atoms with Crippen molar-refractivity contribution in [3.05, 3.63) is 74.5 Å². The number of carbonyl (C=O) groups excluding carboxylic acids is 2. The van der Waals surface area contributed by atoms with Crippen molar-refractivity contribution in [3.63, 3.8) is 0 Å². The second-order valence-corrected chi connectivity index (χ2v) is 11.5. The third-order valence-electron chi connectivity index (χ3n) is 8.26. The third kappa shape index (κ3) is 4.95. The van der Waals surface area contributed by atoms with Crippen LogP contribution in [0.25, 0.3) is 0 Å². The highest BCUT2D eigenvalue weighted by atomic mass is 79.9. The Morgan fingerprint density at radius 1 is 1.03 bits per heavy atom. The largest absolute Gasteiger partial charge is 0.497 e. The molecule has 2 aromatic rings. The van der Waals surface area contributed by atoms with Crippen LogP contribution in [0.15, 0.2) is 63.4 Å². The van der Waals surface area contributed by atoms with E-state index in [9.17, 15) is 9.59 Å². The van der Waals surface area contributed by atoms with Gasteiger partial charge in [0.15, 0.2) is 17.3 Å². The first-order valence-corrected chi connectivity index (χ1v) is 14.4. The molecule has 1 fully saturated rings. The first-order valence-electron chi connectivity index (χ1n) is 13.6. The molecule has 1 saturated carbocycles. The van der Waals surface area contributed by atoms with Crippen LogP contribution in [-0.2, 0) is 14.3 Å². The molecule has 39 heavy (non-hydrogen) atoms. The number of esters is 1. The van der Waals surface area contributed by atoms with Crippen LogP contribution >= 0.6 is 15.9 Å². The Morgan fingerprint density at radius 2 is 1.74 bits per heavy atom. The van der Waals surface area contributed by atoms with Crippen LogP contribution in [0.5, 0.6) is 17.2 Å². The molecule has 0 bridgehead atoms. The summed E-state index contributed by atoms with van der Waals surface area (Å²) in [7, 11) is 1.64. The van der Waals surface area contributed by atoms with Gasteiger partial charge in [0.1, 0.15) is 11.9 Å². The average molecular weight is 595 g/mol. The van der Waals surface area contributed by atoms with E-state index in [0.29, 0.717) is 41.2 Å². The smallest absolute Gasteiger partial charge is 0.337 e. The molecule has 2 aromatic carbocycles. The first-order chi connectivity index (χ1) is 18.9. The van der Waals surface area contributed by atoms with E-state index in [-0.39, 0.29) is 30.6 Å². The van der Waals surface area contributed by atoms with Crippen molar-refractivity contribution in [1.82, 2.24) is 5.32 Å². The summed E-state index contributed by atoms with van der Waals surface area (Å²) in [5, 5.41) is 3.45. The highest BCUT2D eigenvalue weighted by Gasteiger charge is 2.43. The van der Waals surface area contributed by atoms with Crippen LogP contribution in [0, 0.1) is 0 Å². The molecule has 0 radical (unpaired) electrons. The van der Waals surface area contributed by atoms with Crippen molar-refractivity contribution >= 4 is 27.7 Å². The van der Waals surface area contributed by atoms with Crippen molar-refractivity contribution in [2.24, 2.45) is 0 Å². The van der Waals surface area contributed by atoms with Crippen LogP contribution in [0.1, 0.15) is 74.8 Å². The van der Waals surface area contributed by atoms with Crippen molar-refractivity contribution in [3.8, 4) is 17.2 Å². The highest BCUT2D eigenvalue weighted by Crippen LogP contribution is 2.50. The minimum absolute atomic E-state index is 0.0228. The van der Waals surface area contributed by atoms with E-state index in [1.54, 1.807) is 7.11 Å². The van der Waals surface area contributed by atoms with Gasteiger partial charge in [0, 0.05) is 33.8 Å². The number of halogens is 1. The summed E-state index contributed by atoms with van der Waals surface area (Å²) < 4.78 is 23.4. The normalized spacial score (nSPS) is 22.9. The number of allylic oxidation sites excluding steroid dienone is 3. The summed E-state index contributed by atoms with van der Waals surface area (Å²) in [6.07, 6.45) is 5.97. The molecule has 0 saturated heterocycles. The number of methoxy groups -OCH3 is 1. The van der Waals surface area contributed by atoms with Gasteiger partial charge in [-0.15, -0.1) is 0 Å². The molecule has 7 nitrogen and oxygen atoms in total. The maximum atomic E-state index is 14.0. The molecule has 1 N–H and O–H groups in total. The number of nitrogens with one attached hydrogen (secondary N) is 1. The molecule has 2 aliphatic carbocycles. The predicted octanol–water partition coefficient (Wildman–Crippen LogP) is 6.42. The second kappa shape index (κ2) is 10.7. The Labute approximate surface area is 236 Å². The minimum atomic E-state index is -0.578. The lowest BCUT2D eigenvalue weighted by molar-refractivity contribution is -0.146. The van der Waals surface area contributed by atoms with Gasteiger partial charge in [-0.05, 0) is 80.3 Å². The molecule has 2 unspecified atom stereocenters. The first kappa shape index (κ1) is 26.0. The van der Waals surface area contributed by atoms with Crippen LogP contribution in [0.4, 0.5) is 0 Å². The Hall–Kier alpha value is -3.26. The molecule has 4 aliphatic rings. The number of dihydropyridines is 1. The van der Waals surface area contributed by atoms with Gasteiger partial charge in [-0.25, -0.2) is 4.79 Å². The van der Waals surface area contributed by atoms with Gasteiger partial charge in [0.2, 0.25) is 6.79 Å². The van der Waals surface area contributed by atoms with Crippen molar-refractivity contribution in [1.29, 1.82) is 0 Å². The van der Waals surface area contributed by atoms with Crippen molar-refractivity contribution < 1.29 is 28.5 Å². The number of hydrogen-bond donors (Lipinski definition) is 1. The van der Waals surface area contributed by atoms with Crippen molar-refractivity contribution in [2.45, 2.75) is 69.8 Å². The third-order valence-corrected chi connectivity index (χ3v) is 8.95. The lowest BCUT2D eigenvalue weighted by Crippen LogP contribution is -2.37. The molecule has 6 rings (SSSR count). The molecular formula is C31H32BrNO6. The van der Waals surface area contributed by atoms with E-state index < -0.39 is 5.92 Å². The molecule has 2 heterocycles. The molecule has 8 heteroatoms. The number of carbonyl (C=O) groups is 2. The second-order valence-electron chi connectivity index (χ2n) is 10.7. The van der Waals surface area contributed by atoms with E-state index in [4.69, 9.17) is 18.9 Å². The zero-order valence-corrected chi connectivity index (χ0v) is 23.8. The monoisotopic (exact) mass is 593 g/mol. The number of fused-ring (bicyclic) bond motifs is 1. The fraction of sp³-hybridized carbons (Fsp3) is 0.419. The highest BCUT2D eigenvalue weighted by molar-refractivity contribution is 9.10. The summed E-state index contributed by atoms with van der Waals surface area (Å²) in [4.78, 5) is 27.8. The Balaban J connectivity index is 1.40. The lowest BCUT2D eigenvalue weighted by Gasteiger charge is -2.37. The average Bonchev–Trinajstić information content (AvgIpc) is 3.39. The van der Waals surface area contributed by atoms with Gasteiger partial charge < -0.3 is 24.3 Å². The molecule has 2 aliphatic heterocycles. The Kier molecular flexibility index (Phi) is 7.14. The van der Waals surface area contributed by atoms with Gasteiger partial charge in [-0.3, -0.25) is 4.79 Å². The van der Waals surface area contributed by atoms with Crippen LogP contribution in [-0.4, -0.2) is 31.8 Å². The summed E-state index contributed by atoms with van der Waals surface area (Å²) in [5.74, 6) is 1.13. The lowest BCUT2D eigenvalue weighted by atomic mass is 9.71. The van der Waals surface area contributed by atoms with Gasteiger partial charge in [-0.2, -0.15) is 0 Å². The van der Waals surface area contributed by atoms with Gasteiger partial charge in [0.05, 0.1) is 12.7 Å². The van der Waals surface area contributed by atoms with E-state index in [1.165, 1.54) is 6.42 Å². The van der Waals surface area contributed by atoms with E-state index in [0.717, 1.165) is 52.7 Å². The summed E-state index contributed by atoms with van der Waals surface area (Å²) >= 11 is 3.70. The van der Waals surface area contributed by atoms with Gasteiger partial charge >= 0.3 is 5.97 Å². The Morgan fingerprint density at radius 3 is 2.46 bits per heavy atom. The number of ether oxygens (including phenoxy) is 4. The number of rotatable bonds is 5. The zero-order valence-electron chi connectivity index (χ0n) is 22.2. The van der Waals surface area contributed by atoms with E-state index in [1.807, 2.05) is 43.3 Å². The topological polar surface area (TPSA) is 83.1 Å². The fourth-order valence-electron chi connectivity index (χ4n) is 6.28. The summed E-state index contributed by atoms with van der Waals surface area (Å²) in [6.45, 7) is 2.04. The number of ketones is 1. The SMILES string of the molecule is COc1ccc(C2CC(=O)C3=C(C2)NC(C)=C(C(=O)OC2CCCCC2)C3c2cc3c(cc2Br)OCO3)cc1. The fourth-order valence-corrected chi connectivity index (χ4v) is 6.84. The summed E-state index contributed by atoms with van der Waals surface area (Å²) in [6, 6.07) is 11.6. The molecular weight excluding hydrogens is 562 g/mol. The maximum Gasteiger partial charge on any atom is 0.337 e. The van der Waals surface area contributed by atoms with E-state index in [2.05, 4.69) is 21.2 Å². The van der Waals surface area contributed by atoms with Crippen LogP contribution < -0.4 is 19.5 Å². The standard InChI is InChI=1S/C31H32BrNO6/c1-17-28(31(35)39-21-6-4-3-5-7-21)29(22-14-26-27(15-23(22)32)38-16-37-26)30-24(33-17)12-19(13-25(30)34)18-8-10-20(36-2)11-9-18/h8-11,14-15,19,21,29,33H,3-7,12-13,16H2,1-2H3. The molecule has 0 amide bonds. The molecule has 2 atom stereocenters. The summed E-state index contributed by atoms with van der Waals surface area (Å²) in [5.41, 5.74) is 4.55. The van der Waals surface area contributed by atoms with Gasteiger partial charge in [-0.1, -0.05) is 34.5 Å². The van der Waals surface area contributed by atoms with Gasteiger partial charge in [0.25, 0.3) is 0 Å². The Bertz CT molecular complexity index is 1370. The van der Waals surface area contributed by atoms with E-state index >= 15 is 0 Å².